The van der Waals surface area contributed by atoms with Gasteiger partial charge in [-0.05, 0) is 33.3 Å². The van der Waals surface area contributed by atoms with E-state index in [2.05, 4.69) is 15.2 Å². The average Bonchev–Trinajstić information content (AvgIpc) is 2.74. The second-order valence-corrected chi connectivity index (χ2v) is 4.45. The Kier molecular flexibility index (Phi) is 3.78. The number of ether oxygens (including phenoxy) is 1. The van der Waals surface area contributed by atoms with E-state index >= 15 is 0 Å². The van der Waals surface area contributed by atoms with Crippen LogP contribution < -0.4 is 0 Å². The van der Waals surface area contributed by atoms with Gasteiger partial charge in [0.25, 0.3) is 5.78 Å². The van der Waals surface area contributed by atoms with E-state index in [9.17, 15) is 4.79 Å². The molecule has 0 saturated heterocycles. The molecule has 102 valence electrons. The molecule has 0 spiro atoms. The normalized spacial score (nSPS) is 12.6. The lowest BCUT2D eigenvalue weighted by Crippen LogP contribution is -2.18. The third-order valence-corrected chi connectivity index (χ3v) is 3.01. The SMILES string of the molecule is CCOC(=O)C(CC)c1nnc2nc(C)cc(C)n12. The summed E-state index contributed by atoms with van der Waals surface area (Å²) in [6.45, 7) is 7.95. The lowest BCUT2D eigenvalue weighted by atomic mass is 10.1. The Hall–Kier alpha value is -1.98. The van der Waals surface area contributed by atoms with Crippen LogP contribution in [0.2, 0.25) is 0 Å². The Morgan fingerprint density at radius 2 is 2.11 bits per heavy atom. The number of hydrogen-bond acceptors (Lipinski definition) is 5. The molecule has 0 bridgehead atoms. The molecule has 6 heteroatoms. The van der Waals surface area contributed by atoms with Crippen molar-refractivity contribution in [2.75, 3.05) is 6.61 Å². The summed E-state index contributed by atoms with van der Waals surface area (Å²) in [4.78, 5) is 16.3. The summed E-state index contributed by atoms with van der Waals surface area (Å²) in [6.07, 6.45) is 0.618. The fraction of sp³-hybridized carbons (Fsp3) is 0.538. The van der Waals surface area contributed by atoms with Gasteiger partial charge in [0.2, 0.25) is 0 Å². The van der Waals surface area contributed by atoms with E-state index in [-0.39, 0.29) is 5.97 Å². The highest BCUT2D eigenvalue weighted by atomic mass is 16.5. The molecule has 0 saturated carbocycles. The van der Waals surface area contributed by atoms with Crippen molar-refractivity contribution in [1.29, 1.82) is 0 Å². The van der Waals surface area contributed by atoms with Gasteiger partial charge in [0.1, 0.15) is 5.92 Å². The van der Waals surface area contributed by atoms with Crippen molar-refractivity contribution in [3.63, 3.8) is 0 Å². The molecule has 1 atom stereocenters. The lowest BCUT2D eigenvalue weighted by Gasteiger charge is -2.12. The highest BCUT2D eigenvalue weighted by Gasteiger charge is 2.26. The molecule has 2 rings (SSSR count). The molecule has 2 aromatic heterocycles. The second-order valence-electron chi connectivity index (χ2n) is 4.45. The molecular formula is C13H18N4O2. The van der Waals surface area contributed by atoms with Crippen molar-refractivity contribution in [3.05, 3.63) is 23.3 Å². The summed E-state index contributed by atoms with van der Waals surface area (Å²) in [5.74, 6) is 0.452. The molecule has 2 heterocycles. The van der Waals surface area contributed by atoms with Crippen molar-refractivity contribution in [2.24, 2.45) is 0 Å². The number of hydrogen-bond donors (Lipinski definition) is 0. The van der Waals surface area contributed by atoms with Crippen molar-refractivity contribution >= 4 is 11.7 Å². The largest absolute Gasteiger partial charge is 0.465 e. The van der Waals surface area contributed by atoms with Gasteiger partial charge >= 0.3 is 5.97 Å². The summed E-state index contributed by atoms with van der Waals surface area (Å²) in [5.41, 5.74) is 1.85. The number of rotatable bonds is 4. The zero-order chi connectivity index (χ0) is 14.0. The van der Waals surface area contributed by atoms with Gasteiger partial charge in [-0.15, -0.1) is 10.2 Å². The monoisotopic (exact) mass is 262 g/mol. The second kappa shape index (κ2) is 5.34. The van der Waals surface area contributed by atoms with E-state index in [4.69, 9.17) is 4.74 Å². The predicted molar refractivity (Wildman–Crippen MR) is 69.9 cm³/mol. The van der Waals surface area contributed by atoms with Gasteiger partial charge in [-0.1, -0.05) is 6.92 Å². The third kappa shape index (κ3) is 2.43. The van der Waals surface area contributed by atoms with E-state index < -0.39 is 5.92 Å². The number of carbonyl (C=O) groups is 1. The van der Waals surface area contributed by atoms with Crippen molar-refractivity contribution in [3.8, 4) is 0 Å². The van der Waals surface area contributed by atoms with Gasteiger partial charge in [0, 0.05) is 11.4 Å². The van der Waals surface area contributed by atoms with E-state index in [0.29, 0.717) is 24.6 Å². The van der Waals surface area contributed by atoms with Crippen LogP contribution in [-0.4, -0.2) is 32.2 Å². The van der Waals surface area contributed by atoms with Crippen LogP contribution in [0.25, 0.3) is 5.78 Å². The summed E-state index contributed by atoms with van der Waals surface area (Å²) in [6, 6.07) is 1.94. The first-order chi connectivity index (χ1) is 9.08. The zero-order valence-corrected chi connectivity index (χ0v) is 11.7. The fourth-order valence-corrected chi connectivity index (χ4v) is 2.18. The fourth-order valence-electron chi connectivity index (χ4n) is 2.18. The lowest BCUT2D eigenvalue weighted by molar-refractivity contribution is -0.145. The van der Waals surface area contributed by atoms with Crippen LogP contribution in [0.5, 0.6) is 0 Å². The number of carbonyl (C=O) groups excluding carboxylic acids is 1. The maximum atomic E-state index is 12.0. The maximum Gasteiger partial charge on any atom is 0.316 e. The molecule has 1 unspecified atom stereocenters. The average molecular weight is 262 g/mol. The Balaban J connectivity index is 2.52. The van der Waals surface area contributed by atoms with E-state index in [1.165, 1.54) is 0 Å². The van der Waals surface area contributed by atoms with Gasteiger partial charge in [0.05, 0.1) is 6.61 Å². The van der Waals surface area contributed by atoms with Crippen molar-refractivity contribution in [1.82, 2.24) is 19.6 Å². The van der Waals surface area contributed by atoms with Crippen LogP contribution in [0.4, 0.5) is 0 Å². The topological polar surface area (TPSA) is 69.4 Å². The number of nitrogens with zero attached hydrogens (tertiary/aromatic N) is 4. The van der Waals surface area contributed by atoms with Gasteiger partial charge < -0.3 is 4.74 Å². The number of aromatic nitrogens is 4. The summed E-state index contributed by atoms with van der Waals surface area (Å²) < 4.78 is 6.91. The van der Waals surface area contributed by atoms with E-state index in [0.717, 1.165) is 11.4 Å². The summed E-state index contributed by atoms with van der Waals surface area (Å²) >= 11 is 0. The first-order valence-corrected chi connectivity index (χ1v) is 6.44. The molecule has 0 aromatic carbocycles. The molecule has 0 aliphatic heterocycles. The quantitative estimate of drug-likeness (QED) is 0.786. The standard InChI is InChI=1S/C13H18N4O2/c1-5-10(12(18)19-6-2)11-15-16-13-14-8(3)7-9(4)17(11)13/h7,10H,5-6H2,1-4H3. The van der Waals surface area contributed by atoms with Crippen LogP contribution in [0.3, 0.4) is 0 Å². The van der Waals surface area contributed by atoms with Gasteiger partial charge in [-0.2, -0.15) is 0 Å². The van der Waals surface area contributed by atoms with Crippen molar-refractivity contribution in [2.45, 2.75) is 40.0 Å². The third-order valence-electron chi connectivity index (χ3n) is 3.01. The molecule has 0 fully saturated rings. The summed E-state index contributed by atoms with van der Waals surface area (Å²) in [5, 5.41) is 8.17. The highest BCUT2D eigenvalue weighted by Crippen LogP contribution is 2.21. The van der Waals surface area contributed by atoms with Crippen LogP contribution in [0.1, 0.15) is 43.4 Å². The molecule has 0 radical (unpaired) electrons. The Morgan fingerprint density at radius 3 is 2.74 bits per heavy atom. The summed E-state index contributed by atoms with van der Waals surface area (Å²) in [7, 11) is 0. The number of aryl methyl sites for hydroxylation is 2. The predicted octanol–water partition coefficient (Wildman–Crippen LogP) is 1.80. The minimum Gasteiger partial charge on any atom is -0.465 e. The van der Waals surface area contributed by atoms with E-state index in [1.807, 2.05) is 31.2 Å². The molecular weight excluding hydrogens is 244 g/mol. The minimum absolute atomic E-state index is 0.265. The number of esters is 1. The Morgan fingerprint density at radius 1 is 1.37 bits per heavy atom. The van der Waals surface area contributed by atoms with Crippen LogP contribution in [0.15, 0.2) is 6.07 Å². The molecule has 0 aliphatic rings. The van der Waals surface area contributed by atoms with Gasteiger partial charge in [0.15, 0.2) is 5.82 Å². The van der Waals surface area contributed by atoms with Gasteiger partial charge in [-0.3, -0.25) is 9.20 Å². The van der Waals surface area contributed by atoms with Crippen LogP contribution >= 0.6 is 0 Å². The zero-order valence-electron chi connectivity index (χ0n) is 11.7. The maximum absolute atomic E-state index is 12.0. The van der Waals surface area contributed by atoms with E-state index in [1.54, 1.807) is 6.92 Å². The first kappa shape index (κ1) is 13.5. The van der Waals surface area contributed by atoms with Crippen molar-refractivity contribution < 1.29 is 9.53 Å². The molecule has 6 nitrogen and oxygen atoms in total. The van der Waals surface area contributed by atoms with Gasteiger partial charge in [-0.25, -0.2) is 4.98 Å². The molecule has 19 heavy (non-hydrogen) atoms. The minimum atomic E-state index is -0.404. The first-order valence-electron chi connectivity index (χ1n) is 6.44. The Labute approximate surface area is 111 Å². The van der Waals surface area contributed by atoms with Crippen LogP contribution in [0, 0.1) is 13.8 Å². The molecule has 2 aromatic rings. The Bertz CT molecular complexity index is 606. The number of fused-ring (bicyclic) bond motifs is 1. The van der Waals surface area contributed by atoms with Crippen LogP contribution in [-0.2, 0) is 9.53 Å². The molecule has 0 amide bonds. The smallest absolute Gasteiger partial charge is 0.316 e. The molecule has 0 N–H and O–H groups in total. The molecule has 0 aliphatic carbocycles. The highest BCUT2D eigenvalue weighted by molar-refractivity contribution is 5.77.